The Morgan fingerprint density at radius 2 is 1.56 bits per heavy atom. The molecule has 32 heavy (non-hydrogen) atoms. The molecule has 0 atom stereocenters. The van der Waals surface area contributed by atoms with Gasteiger partial charge < -0.3 is 5.11 Å². The molecule has 0 saturated heterocycles. The third kappa shape index (κ3) is 4.99. The topological polar surface area (TPSA) is 130 Å². The maximum absolute atomic E-state index is 14.4. The summed E-state index contributed by atoms with van der Waals surface area (Å²) in [6.07, 6.45) is 0. The summed E-state index contributed by atoms with van der Waals surface area (Å²) >= 11 is 12.8. The Labute approximate surface area is 196 Å². The van der Waals surface area contributed by atoms with Crippen LogP contribution >= 0.6 is 34.5 Å². The van der Waals surface area contributed by atoms with E-state index in [1.807, 2.05) is 4.72 Å². The first-order valence-electron chi connectivity index (χ1n) is 8.43. The van der Waals surface area contributed by atoms with Crippen molar-refractivity contribution in [2.24, 2.45) is 0 Å². The average Bonchev–Trinajstić information content (AvgIpc) is 3.20. The lowest BCUT2D eigenvalue weighted by atomic mass is 10.1. The normalized spacial score (nSPS) is 11.9. The Morgan fingerprint density at radius 3 is 2.06 bits per heavy atom. The van der Waals surface area contributed by atoms with Crippen LogP contribution in [0.2, 0.25) is 10.0 Å². The standard InChI is InChI=1S/C18H13Cl2FN2O6S3/c1-9-5-13(21)16(6-10(9)18(24)25)31(26,27)22-14-7-11(19)12(20)8-15(14)23-32(28,29)17-3-2-4-30-17/h2-8,22-23H,1H3,(H,24,25). The molecule has 3 aromatic rings. The number of benzene rings is 2. The molecule has 1 aromatic heterocycles. The van der Waals surface area contributed by atoms with Gasteiger partial charge in [-0.05, 0) is 48.2 Å². The number of aromatic carboxylic acids is 1. The van der Waals surface area contributed by atoms with E-state index in [1.54, 1.807) is 0 Å². The maximum Gasteiger partial charge on any atom is 0.335 e. The van der Waals surface area contributed by atoms with Gasteiger partial charge in [0.05, 0.1) is 27.0 Å². The first-order chi connectivity index (χ1) is 14.8. The third-order valence-corrected chi connectivity index (χ3v) is 8.97. The molecule has 0 aliphatic rings. The van der Waals surface area contributed by atoms with Gasteiger partial charge in [0, 0.05) is 0 Å². The number of hydrogen-bond acceptors (Lipinski definition) is 6. The molecule has 0 unspecified atom stereocenters. The summed E-state index contributed by atoms with van der Waals surface area (Å²) in [4.78, 5) is 10.4. The van der Waals surface area contributed by atoms with Crippen molar-refractivity contribution in [1.29, 1.82) is 0 Å². The van der Waals surface area contributed by atoms with E-state index in [4.69, 9.17) is 23.2 Å². The Kier molecular flexibility index (Phi) is 6.72. The Bertz CT molecular complexity index is 1430. The SMILES string of the molecule is Cc1cc(F)c(S(=O)(=O)Nc2cc(Cl)c(Cl)cc2NS(=O)(=O)c2cccs2)cc1C(=O)O. The van der Waals surface area contributed by atoms with Crippen molar-refractivity contribution in [3.63, 3.8) is 0 Å². The van der Waals surface area contributed by atoms with Crippen LogP contribution in [0, 0.1) is 12.7 Å². The van der Waals surface area contributed by atoms with E-state index in [-0.39, 0.29) is 31.2 Å². The predicted octanol–water partition coefficient (Wildman–Crippen LogP) is 4.80. The van der Waals surface area contributed by atoms with Crippen LogP contribution in [0.25, 0.3) is 0 Å². The number of hydrogen-bond donors (Lipinski definition) is 3. The van der Waals surface area contributed by atoms with Crippen LogP contribution in [-0.2, 0) is 20.0 Å². The second kappa shape index (κ2) is 8.87. The molecule has 0 radical (unpaired) electrons. The number of rotatable bonds is 7. The molecule has 8 nitrogen and oxygen atoms in total. The minimum atomic E-state index is -4.70. The first-order valence-corrected chi connectivity index (χ1v) is 13.0. The van der Waals surface area contributed by atoms with Gasteiger partial charge in [-0.3, -0.25) is 9.44 Å². The summed E-state index contributed by atoms with van der Waals surface area (Å²) in [5, 5.41) is 10.6. The van der Waals surface area contributed by atoms with Crippen LogP contribution in [-0.4, -0.2) is 27.9 Å². The highest BCUT2D eigenvalue weighted by molar-refractivity contribution is 7.94. The smallest absolute Gasteiger partial charge is 0.335 e. The molecule has 2 aromatic carbocycles. The number of nitrogens with one attached hydrogen (secondary N) is 2. The highest BCUT2D eigenvalue weighted by atomic mass is 35.5. The van der Waals surface area contributed by atoms with Crippen molar-refractivity contribution in [1.82, 2.24) is 0 Å². The monoisotopic (exact) mass is 538 g/mol. The number of carbonyl (C=O) groups is 1. The molecule has 170 valence electrons. The summed E-state index contributed by atoms with van der Waals surface area (Å²) in [5.74, 6) is -2.64. The molecule has 3 rings (SSSR count). The Morgan fingerprint density at radius 1 is 1.00 bits per heavy atom. The molecule has 0 saturated carbocycles. The van der Waals surface area contributed by atoms with Gasteiger partial charge in [0.1, 0.15) is 14.9 Å². The molecule has 0 fully saturated rings. The number of thiophene rings is 1. The number of halogens is 3. The zero-order valence-corrected chi connectivity index (χ0v) is 19.8. The summed E-state index contributed by atoms with van der Waals surface area (Å²) in [7, 11) is -8.79. The fourth-order valence-electron chi connectivity index (χ4n) is 2.62. The van der Waals surface area contributed by atoms with Crippen LogP contribution < -0.4 is 9.44 Å². The fraction of sp³-hybridized carbons (Fsp3) is 0.0556. The van der Waals surface area contributed by atoms with E-state index in [0.29, 0.717) is 6.07 Å². The van der Waals surface area contributed by atoms with Crippen LogP contribution in [0.4, 0.5) is 15.8 Å². The Balaban J connectivity index is 2.08. The lowest BCUT2D eigenvalue weighted by Crippen LogP contribution is -2.19. The van der Waals surface area contributed by atoms with Crippen LogP contribution in [0.1, 0.15) is 15.9 Å². The number of carboxylic acid groups (broad SMARTS) is 1. The molecule has 0 bridgehead atoms. The average molecular weight is 539 g/mol. The minimum Gasteiger partial charge on any atom is -0.478 e. The number of anilines is 2. The van der Waals surface area contributed by atoms with Gasteiger partial charge in [-0.1, -0.05) is 29.3 Å². The number of sulfonamides is 2. The molecule has 14 heteroatoms. The van der Waals surface area contributed by atoms with Crippen LogP contribution in [0.15, 0.2) is 50.9 Å². The highest BCUT2D eigenvalue weighted by Crippen LogP contribution is 2.36. The fourth-order valence-corrected chi connectivity index (χ4v) is 6.16. The molecular formula is C18H13Cl2FN2O6S3. The summed E-state index contributed by atoms with van der Waals surface area (Å²) in [6, 6.07) is 6.41. The molecular weight excluding hydrogens is 526 g/mol. The summed E-state index contributed by atoms with van der Waals surface area (Å²) in [6.45, 7) is 1.31. The molecule has 0 aliphatic carbocycles. The number of carboxylic acids is 1. The third-order valence-electron chi connectivity index (χ3n) is 4.11. The van der Waals surface area contributed by atoms with Gasteiger partial charge in [0.25, 0.3) is 20.0 Å². The minimum absolute atomic E-state index is 0.0212. The van der Waals surface area contributed by atoms with Crippen molar-refractivity contribution in [2.45, 2.75) is 16.0 Å². The van der Waals surface area contributed by atoms with E-state index >= 15 is 0 Å². The summed E-state index contributed by atoms with van der Waals surface area (Å²) < 4.78 is 69.5. The lowest BCUT2D eigenvalue weighted by Gasteiger charge is -2.16. The number of aryl methyl sites for hydroxylation is 1. The highest BCUT2D eigenvalue weighted by Gasteiger charge is 2.26. The molecule has 3 N–H and O–H groups in total. The molecule has 0 amide bonds. The lowest BCUT2D eigenvalue weighted by molar-refractivity contribution is 0.0695. The molecule has 0 spiro atoms. The van der Waals surface area contributed by atoms with Crippen molar-refractivity contribution in [3.8, 4) is 0 Å². The van der Waals surface area contributed by atoms with E-state index in [1.165, 1.54) is 24.4 Å². The van der Waals surface area contributed by atoms with Crippen molar-refractivity contribution in [3.05, 3.63) is 68.8 Å². The van der Waals surface area contributed by atoms with Gasteiger partial charge in [0.2, 0.25) is 0 Å². The zero-order chi connectivity index (χ0) is 23.8. The molecule has 0 aliphatic heterocycles. The van der Waals surface area contributed by atoms with E-state index in [9.17, 15) is 31.1 Å². The van der Waals surface area contributed by atoms with Gasteiger partial charge in [-0.2, -0.15) is 0 Å². The summed E-state index contributed by atoms with van der Waals surface area (Å²) in [5.41, 5.74) is -1.02. The predicted molar refractivity (Wildman–Crippen MR) is 120 cm³/mol. The largest absolute Gasteiger partial charge is 0.478 e. The molecule has 1 heterocycles. The second-order valence-electron chi connectivity index (χ2n) is 6.36. The van der Waals surface area contributed by atoms with Crippen LogP contribution in [0.5, 0.6) is 0 Å². The van der Waals surface area contributed by atoms with Gasteiger partial charge in [-0.15, -0.1) is 11.3 Å². The quantitative estimate of drug-likeness (QED) is 0.396. The zero-order valence-electron chi connectivity index (χ0n) is 15.9. The van der Waals surface area contributed by atoms with Gasteiger partial charge in [-0.25, -0.2) is 26.0 Å². The van der Waals surface area contributed by atoms with E-state index in [2.05, 4.69) is 4.72 Å². The van der Waals surface area contributed by atoms with Crippen molar-refractivity contribution in [2.75, 3.05) is 9.44 Å². The van der Waals surface area contributed by atoms with Gasteiger partial charge >= 0.3 is 5.97 Å². The van der Waals surface area contributed by atoms with Crippen LogP contribution in [0.3, 0.4) is 0 Å². The second-order valence-corrected chi connectivity index (χ2v) is 11.7. The maximum atomic E-state index is 14.4. The van der Waals surface area contributed by atoms with Gasteiger partial charge in [0.15, 0.2) is 0 Å². The van der Waals surface area contributed by atoms with E-state index in [0.717, 1.165) is 29.5 Å². The van der Waals surface area contributed by atoms with Crippen molar-refractivity contribution < 1.29 is 31.1 Å². The van der Waals surface area contributed by atoms with Crippen molar-refractivity contribution >= 4 is 71.9 Å². The first kappa shape index (κ1) is 24.3. The van der Waals surface area contributed by atoms with E-state index < -0.39 is 42.3 Å². The Hall–Kier alpha value is -2.38.